The number of carbonyl (C=O) groups is 1. The Kier molecular flexibility index (Phi) is 5.47. The number of hydrogen-bond acceptors (Lipinski definition) is 6. The van der Waals surface area contributed by atoms with Gasteiger partial charge in [0.1, 0.15) is 11.6 Å². The van der Waals surface area contributed by atoms with Crippen molar-refractivity contribution in [3.8, 4) is 17.2 Å². The molecule has 1 amide bonds. The lowest BCUT2D eigenvalue weighted by atomic mass is 10.2. The largest absolute Gasteiger partial charge is 0.484 e. The summed E-state index contributed by atoms with van der Waals surface area (Å²) < 4.78 is 16.2. The van der Waals surface area contributed by atoms with Gasteiger partial charge in [0.05, 0.1) is 11.9 Å². The fourth-order valence-corrected chi connectivity index (χ4v) is 2.79. The lowest BCUT2D eigenvalue weighted by Crippen LogP contribution is -2.20. The third-order valence-electron chi connectivity index (χ3n) is 4.36. The fourth-order valence-electron chi connectivity index (χ4n) is 2.79. The smallest absolute Gasteiger partial charge is 0.263 e. The maximum absolute atomic E-state index is 12.0. The van der Waals surface area contributed by atoms with Crippen LogP contribution >= 0.6 is 0 Å². The van der Waals surface area contributed by atoms with Gasteiger partial charge < -0.3 is 24.8 Å². The average molecular weight is 391 g/mol. The first kappa shape index (κ1) is 18.6. The summed E-state index contributed by atoms with van der Waals surface area (Å²) in [7, 11) is 0. The van der Waals surface area contributed by atoms with Crippen molar-refractivity contribution >= 4 is 17.4 Å². The van der Waals surface area contributed by atoms with E-state index in [2.05, 4.69) is 15.6 Å². The predicted octanol–water partition coefficient (Wildman–Crippen LogP) is 3.75. The Balaban J connectivity index is 1.25. The van der Waals surface area contributed by atoms with Crippen LogP contribution in [0.1, 0.15) is 11.1 Å². The highest BCUT2D eigenvalue weighted by Crippen LogP contribution is 2.32. The van der Waals surface area contributed by atoms with E-state index in [0.717, 1.165) is 28.3 Å². The van der Waals surface area contributed by atoms with Crippen molar-refractivity contribution in [3.63, 3.8) is 0 Å². The molecular weight excluding hydrogens is 370 g/mol. The zero-order valence-corrected chi connectivity index (χ0v) is 16.0. The Morgan fingerprint density at radius 2 is 1.90 bits per heavy atom. The fraction of sp³-hybridized carbons (Fsp3) is 0.182. The molecule has 0 radical (unpaired) electrons. The molecular formula is C22H21N3O4. The summed E-state index contributed by atoms with van der Waals surface area (Å²) in [5.41, 5.74) is 3.05. The first-order valence-electron chi connectivity index (χ1n) is 9.23. The second-order valence-corrected chi connectivity index (χ2v) is 6.62. The molecule has 29 heavy (non-hydrogen) atoms. The minimum absolute atomic E-state index is 0.0745. The second kappa shape index (κ2) is 8.52. The third kappa shape index (κ3) is 4.95. The first-order valence-corrected chi connectivity index (χ1v) is 9.23. The number of aryl methyl sites for hydroxylation is 1. The Bertz CT molecular complexity index is 988. The summed E-state index contributed by atoms with van der Waals surface area (Å²) in [6, 6.07) is 17.0. The van der Waals surface area contributed by atoms with Crippen LogP contribution < -0.4 is 24.8 Å². The Labute approximate surface area is 168 Å². The minimum atomic E-state index is -0.265. The summed E-state index contributed by atoms with van der Waals surface area (Å²) in [6.45, 7) is 2.80. The SMILES string of the molecule is Cc1ccc(OCC(=O)Nc2ccc(NCc3ccc4c(c3)OCO4)cn2)cc1. The zero-order chi connectivity index (χ0) is 20.1. The summed E-state index contributed by atoms with van der Waals surface area (Å²) in [5.74, 6) is 2.38. The van der Waals surface area contributed by atoms with Gasteiger partial charge in [0.2, 0.25) is 6.79 Å². The molecule has 0 atom stereocenters. The first-order chi connectivity index (χ1) is 14.2. The van der Waals surface area contributed by atoms with E-state index in [4.69, 9.17) is 14.2 Å². The van der Waals surface area contributed by atoms with Crippen LogP contribution in [-0.2, 0) is 11.3 Å². The van der Waals surface area contributed by atoms with Crippen LogP contribution in [0.4, 0.5) is 11.5 Å². The van der Waals surface area contributed by atoms with Gasteiger partial charge in [-0.05, 0) is 48.9 Å². The van der Waals surface area contributed by atoms with Crippen molar-refractivity contribution < 1.29 is 19.0 Å². The zero-order valence-electron chi connectivity index (χ0n) is 16.0. The molecule has 4 rings (SSSR count). The molecule has 2 aromatic carbocycles. The third-order valence-corrected chi connectivity index (χ3v) is 4.36. The maximum Gasteiger partial charge on any atom is 0.263 e. The lowest BCUT2D eigenvalue weighted by molar-refractivity contribution is -0.118. The molecule has 1 aromatic heterocycles. The van der Waals surface area contributed by atoms with Gasteiger partial charge in [0, 0.05) is 6.54 Å². The predicted molar refractivity (Wildman–Crippen MR) is 109 cm³/mol. The van der Waals surface area contributed by atoms with E-state index in [-0.39, 0.29) is 19.3 Å². The minimum Gasteiger partial charge on any atom is -0.484 e. The van der Waals surface area contributed by atoms with E-state index in [1.165, 1.54) is 0 Å². The second-order valence-electron chi connectivity index (χ2n) is 6.62. The van der Waals surface area contributed by atoms with Crippen molar-refractivity contribution in [2.45, 2.75) is 13.5 Å². The monoisotopic (exact) mass is 391 g/mol. The number of ether oxygens (including phenoxy) is 3. The van der Waals surface area contributed by atoms with Crippen LogP contribution in [0.15, 0.2) is 60.8 Å². The Morgan fingerprint density at radius 3 is 2.69 bits per heavy atom. The van der Waals surface area contributed by atoms with Gasteiger partial charge >= 0.3 is 0 Å². The maximum atomic E-state index is 12.0. The highest BCUT2D eigenvalue weighted by atomic mass is 16.7. The topological polar surface area (TPSA) is 81.7 Å². The van der Waals surface area contributed by atoms with E-state index in [9.17, 15) is 4.79 Å². The van der Waals surface area contributed by atoms with Gasteiger partial charge in [-0.3, -0.25) is 4.79 Å². The van der Waals surface area contributed by atoms with Crippen LogP contribution in [0, 0.1) is 6.92 Å². The lowest BCUT2D eigenvalue weighted by Gasteiger charge is -2.09. The summed E-state index contributed by atoms with van der Waals surface area (Å²) in [6.07, 6.45) is 1.67. The number of nitrogens with zero attached hydrogens (tertiary/aromatic N) is 1. The van der Waals surface area contributed by atoms with Crippen molar-refractivity contribution in [2.75, 3.05) is 24.0 Å². The highest BCUT2D eigenvalue weighted by molar-refractivity contribution is 5.91. The van der Waals surface area contributed by atoms with Gasteiger partial charge in [-0.15, -0.1) is 0 Å². The molecule has 0 spiro atoms. The van der Waals surface area contributed by atoms with Crippen molar-refractivity contribution in [1.29, 1.82) is 0 Å². The molecule has 2 heterocycles. The number of benzene rings is 2. The number of rotatable bonds is 7. The number of anilines is 2. The van der Waals surface area contributed by atoms with Crippen molar-refractivity contribution in [2.24, 2.45) is 0 Å². The molecule has 0 unspecified atom stereocenters. The molecule has 7 heteroatoms. The van der Waals surface area contributed by atoms with Crippen LogP contribution in [-0.4, -0.2) is 24.3 Å². The number of pyridine rings is 1. The van der Waals surface area contributed by atoms with E-state index in [0.29, 0.717) is 18.1 Å². The van der Waals surface area contributed by atoms with Crippen molar-refractivity contribution in [1.82, 2.24) is 4.98 Å². The quantitative estimate of drug-likeness (QED) is 0.638. The van der Waals surface area contributed by atoms with E-state index < -0.39 is 0 Å². The summed E-state index contributed by atoms with van der Waals surface area (Å²) >= 11 is 0. The van der Waals surface area contributed by atoms with Gasteiger partial charge in [0.15, 0.2) is 18.1 Å². The molecule has 0 bridgehead atoms. The van der Waals surface area contributed by atoms with Gasteiger partial charge in [-0.2, -0.15) is 0 Å². The molecule has 3 aromatic rings. The van der Waals surface area contributed by atoms with Crippen LogP contribution in [0.2, 0.25) is 0 Å². The van der Waals surface area contributed by atoms with Crippen LogP contribution in [0.5, 0.6) is 17.2 Å². The number of aromatic nitrogens is 1. The van der Waals surface area contributed by atoms with Crippen LogP contribution in [0.3, 0.4) is 0 Å². The molecule has 0 saturated carbocycles. The van der Waals surface area contributed by atoms with Gasteiger partial charge in [-0.25, -0.2) is 4.98 Å². The molecule has 0 saturated heterocycles. The summed E-state index contributed by atoms with van der Waals surface area (Å²) in [5, 5.41) is 6.01. The highest BCUT2D eigenvalue weighted by Gasteiger charge is 2.13. The standard InChI is InChI=1S/C22H21N3O4/c1-15-2-6-18(7-3-15)27-13-22(26)25-21-9-5-17(12-24-21)23-11-16-4-8-19-20(10-16)29-14-28-19/h2-10,12,23H,11,13-14H2,1H3,(H,24,25,26). The summed E-state index contributed by atoms with van der Waals surface area (Å²) in [4.78, 5) is 16.3. The molecule has 0 fully saturated rings. The Hall–Kier alpha value is -3.74. The molecule has 2 N–H and O–H groups in total. The number of carbonyl (C=O) groups excluding carboxylic acids is 1. The van der Waals surface area contributed by atoms with Gasteiger partial charge in [-0.1, -0.05) is 23.8 Å². The molecule has 1 aliphatic heterocycles. The molecule has 0 aliphatic carbocycles. The van der Waals surface area contributed by atoms with Crippen LogP contribution in [0.25, 0.3) is 0 Å². The van der Waals surface area contributed by atoms with Crippen molar-refractivity contribution in [3.05, 3.63) is 71.9 Å². The normalized spacial score (nSPS) is 11.8. The molecule has 7 nitrogen and oxygen atoms in total. The number of amides is 1. The van der Waals surface area contributed by atoms with E-state index in [1.807, 2.05) is 55.5 Å². The Morgan fingerprint density at radius 1 is 1.07 bits per heavy atom. The number of fused-ring (bicyclic) bond motifs is 1. The van der Waals surface area contributed by atoms with E-state index in [1.54, 1.807) is 12.3 Å². The number of hydrogen-bond donors (Lipinski definition) is 2. The van der Waals surface area contributed by atoms with Gasteiger partial charge in [0.25, 0.3) is 5.91 Å². The average Bonchev–Trinajstić information content (AvgIpc) is 3.21. The molecule has 1 aliphatic rings. The number of nitrogens with one attached hydrogen (secondary N) is 2. The van der Waals surface area contributed by atoms with E-state index >= 15 is 0 Å². The molecule has 148 valence electrons.